The van der Waals surface area contributed by atoms with Gasteiger partial charge in [-0.25, -0.2) is 4.39 Å². The molecule has 0 saturated carbocycles. The van der Waals surface area contributed by atoms with Gasteiger partial charge >= 0.3 is 5.97 Å². The topological polar surface area (TPSA) is 90.7 Å². The van der Waals surface area contributed by atoms with Gasteiger partial charge in [0.15, 0.2) is 0 Å². The van der Waals surface area contributed by atoms with E-state index in [9.17, 15) is 19.4 Å². The molecular weight excluding hydrogens is 433 g/mol. The van der Waals surface area contributed by atoms with Gasteiger partial charge in [-0.05, 0) is 41.8 Å². The molecule has 3 N–H and O–H groups in total. The van der Waals surface area contributed by atoms with Crippen molar-refractivity contribution in [2.24, 2.45) is 0 Å². The number of aliphatic carboxylic acids is 1. The predicted octanol–water partition coefficient (Wildman–Crippen LogP) is 5.42. The maximum Gasteiger partial charge on any atom is 0.305 e. The van der Waals surface area contributed by atoms with Crippen LogP contribution < -0.4 is 0 Å². The van der Waals surface area contributed by atoms with Crippen molar-refractivity contribution in [1.29, 1.82) is 0 Å². The summed E-state index contributed by atoms with van der Waals surface area (Å²) in [7, 11) is 0. The van der Waals surface area contributed by atoms with Gasteiger partial charge in [0, 0.05) is 28.0 Å². The van der Waals surface area contributed by atoms with Crippen molar-refractivity contribution in [2.75, 3.05) is 0 Å². The molecule has 3 aromatic rings. The third kappa shape index (κ3) is 5.71. The lowest BCUT2D eigenvalue weighted by molar-refractivity contribution is -0.139. The number of carboxylic acid groups (broad SMARTS) is 1. The first-order valence-corrected chi connectivity index (χ1v) is 10.7. The molecule has 0 bridgehead atoms. The van der Waals surface area contributed by atoms with Gasteiger partial charge in [0.2, 0.25) is 0 Å². The SMILES string of the molecule is CC(C)c1nc2ccc(Cl)cc2c(-c2ccc(F)cc2)c1/C=C/C(O)C[C@@H](O)CC(=O)O. The summed E-state index contributed by atoms with van der Waals surface area (Å²) in [6.45, 7) is 4.01. The monoisotopic (exact) mass is 457 g/mol. The lowest BCUT2D eigenvalue weighted by Crippen LogP contribution is -2.19. The van der Waals surface area contributed by atoms with Crippen LogP contribution in [-0.2, 0) is 4.79 Å². The van der Waals surface area contributed by atoms with Gasteiger partial charge in [-0.2, -0.15) is 0 Å². The molecule has 2 atom stereocenters. The number of carbonyl (C=O) groups is 1. The summed E-state index contributed by atoms with van der Waals surface area (Å²) in [4.78, 5) is 15.6. The van der Waals surface area contributed by atoms with E-state index in [1.165, 1.54) is 18.2 Å². The molecule has 0 saturated heterocycles. The van der Waals surface area contributed by atoms with E-state index < -0.39 is 24.6 Å². The number of aromatic nitrogens is 1. The summed E-state index contributed by atoms with van der Waals surface area (Å²) >= 11 is 6.26. The molecule has 3 rings (SSSR count). The highest BCUT2D eigenvalue weighted by atomic mass is 35.5. The number of benzene rings is 2. The molecule has 2 aromatic carbocycles. The van der Waals surface area contributed by atoms with Gasteiger partial charge in [0.25, 0.3) is 0 Å². The summed E-state index contributed by atoms with van der Waals surface area (Å²) in [6, 6.07) is 11.5. The van der Waals surface area contributed by atoms with Crippen LogP contribution in [0.2, 0.25) is 5.02 Å². The zero-order valence-electron chi connectivity index (χ0n) is 17.8. The fourth-order valence-electron chi connectivity index (χ4n) is 3.66. The number of hydrogen-bond acceptors (Lipinski definition) is 4. The number of halogens is 2. The van der Waals surface area contributed by atoms with Gasteiger partial charge in [0.05, 0.1) is 29.8 Å². The molecule has 1 unspecified atom stereocenters. The number of aliphatic hydroxyl groups is 2. The lowest BCUT2D eigenvalue weighted by Gasteiger charge is -2.18. The van der Waals surface area contributed by atoms with Crippen LogP contribution in [-0.4, -0.2) is 38.5 Å². The molecule has 0 aliphatic carbocycles. The smallest absolute Gasteiger partial charge is 0.305 e. The summed E-state index contributed by atoms with van der Waals surface area (Å²) in [5, 5.41) is 30.3. The van der Waals surface area contributed by atoms with Gasteiger partial charge in [-0.3, -0.25) is 9.78 Å². The summed E-state index contributed by atoms with van der Waals surface area (Å²) in [6.07, 6.45) is 0.455. The van der Waals surface area contributed by atoms with E-state index in [4.69, 9.17) is 21.7 Å². The molecular formula is C25H25ClFNO4. The van der Waals surface area contributed by atoms with Crippen molar-refractivity contribution in [1.82, 2.24) is 4.98 Å². The second kappa shape index (κ2) is 10.2. The van der Waals surface area contributed by atoms with Crippen LogP contribution >= 0.6 is 11.6 Å². The fourth-order valence-corrected chi connectivity index (χ4v) is 3.83. The minimum absolute atomic E-state index is 0.0451. The molecule has 168 valence electrons. The number of hydrogen-bond donors (Lipinski definition) is 3. The Kier molecular flexibility index (Phi) is 7.61. The van der Waals surface area contributed by atoms with Gasteiger partial charge in [-0.15, -0.1) is 0 Å². The van der Waals surface area contributed by atoms with E-state index in [1.807, 2.05) is 19.9 Å². The van der Waals surface area contributed by atoms with E-state index in [2.05, 4.69) is 0 Å². The van der Waals surface area contributed by atoms with Crippen LogP contribution in [0.3, 0.4) is 0 Å². The number of rotatable bonds is 8. The highest BCUT2D eigenvalue weighted by Gasteiger charge is 2.19. The third-order valence-electron chi connectivity index (χ3n) is 5.10. The Morgan fingerprint density at radius 2 is 1.84 bits per heavy atom. The molecule has 0 amide bonds. The van der Waals surface area contributed by atoms with Crippen molar-refractivity contribution in [3.8, 4) is 11.1 Å². The standard InChI is InChI=1S/C25H25ClFNO4/c1-14(2)25-20(9-8-18(29)12-19(30)13-23(31)32)24(15-3-6-17(27)7-4-15)21-11-16(26)5-10-22(21)28-25/h3-11,14,18-19,29-30H,12-13H2,1-2H3,(H,31,32)/b9-8+/t18?,19-/m1/s1. The third-order valence-corrected chi connectivity index (χ3v) is 5.34. The largest absolute Gasteiger partial charge is 0.481 e. The van der Waals surface area contributed by atoms with Gasteiger partial charge < -0.3 is 15.3 Å². The normalized spacial score (nSPS) is 13.7. The first kappa shape index (κ1) is 23.9. The van der Waals surface area contributed by atoms with Crippen LogP contribution in [0, 0.1) is 5.82 Å². The molecule has 0 radical (unpaired) electrons. The number of aliphatic hydroxyl groups excluding tert-OH is 2. The zero-order chi connectivity index (χ0) is 23.4. The van der Waals surface area contributed by atoms with E-state index in [0.29, 0.717) is 5.02 Å². The maximum absolute atomic E-state index is 13.6. The van der Waals surface area contributed by atoms with E-state index >= 15 is 0 Å². The zero-order valence-corrected chi connectivity index (χ0v) is 18.6. The molecule has 1 heterocycles. The van der Waals surface area contributed by atoms with Crippen LogP contribution in [0.5, 0.6) is 0 Å². The van der Waals surface area contributed by atoms with E-state index in [1.54, 1.807) is 30.3 Å². The molecule has 5 nitrogen and oxygen atoms in total. The highest BCUT2D eigenvalue weighted by Crippen LogP contribution is 2.37. The first-order valence-electron chi connectivity index (χ1n) is 10.3. The molecule has 0 aliphatic rings. The summed E-state index contributed by atoms with van der Waals surface area (Å²) in [5.41, 5.74) is 3.84. The van der Waals surface area contributed by atoms with Gasteiger partial charge in [0.1, 0.15) is 5.82 Å². The molecule has 0 aliphatic heterocycles. The maximum atomic E-state index is 13.6. The Labute approximate surface area is 190 Å². The van der Waals surface area contributed by atoms with Crippen LogP contribution in [0.15, 0.2) is 48.5 Å². The van der Waals surface area contributed by atoms with E-state index in [0.717, 1.165) is 33.3 Å². The van der Waals surface area contributed by atoms with Crippen molar-refractivity contribution >= 4 is 34.5 Å². The number of pyridine rings is 1. The summed E-state index contributed by atoms with van der Waals surface area (Å²) < 4.78 is 13.6. The number of fused-ring (bicyclic) bond motifs is 1. The molecule has 1 aromatic heterocycles. The number of nitrogens with zero attached hydrogens (tertiary/aromatic N) is 1. The van der Waals surface area contributed by atoms with Gasteiger partial charge in [-0.1, -0.05) is 49.7 Å². The Morgan fingerprint density at radius 1 is 1.16 bits per heavy atom. The van der Waals surface area contributed by atoms with E-state index in [-0.39, 0.29) is 18.2 Å². The molecule has 32 heavy (non-hydrogen) atoms. The van der Waals surface area contributed by atoms with Crippen LogP contribution in [0.1, 0.15) is 43.9 Å². The summed E-state index contributed by atoms with van der Waals surface area (Å²) in [5.74, 6) is -1.44. The predicted molar refractivity (Wildman–Crippen MR) is 124 cm³/mol. The average molecular weight is 458 g/mol. The Bertz CT molecular complexity index is 1140. The quantitative estimate of drug-likeness (QED) is 0.420. The first-order chi connectivity index (χ1) is 15.2. The Morgan fingerprint density at radius 3 is 2.47 bits per heavy atom. The second-order valence-electron chi connectivity index (χ2n) is 8.02. The Balaban J connectivity index is 2.16. The van der Waals surface area contributed by atoms with Crippen LogP contribution in [0.4, 0.5) is 4.39 Å². The minimum atomic E-state index is -1.16. The second-order valence-corrected chi connectivity index (χ2v) is 8.46. The van der Waals surface area contributed by atoms with Crippen molar-refractivity contribution in [2.45, 2.75) is 44.8 Å². The Hall–Kier alpha value is -2.80. The molecule has 0 spiro atoms. The lowest BCUT2D eigenvalue weighted by atomic mass is 9.90. The van der Waals surface area contributed by atoms with Crippen molar-refractivity contribution in [3.05, 3.63) is 70.6 Å². The van der Waals surface area contributed by atoms with Crippen molar-refractivity contribution in [3.63, 3.8) is 0 Å². The fraction of sp³-hybridized carbons (Fsp3) is 0.280. The van der Waals surface area contributed by atoms with Crippen LogP contribution in [0.25, 0.3) is 28.1 Å². The van der Waals surface area contributed by atoms with Crippen molar-refractivity contribution < 1.29 is 24.5 Å². The average Bonchev–Trinajstić information content (AvgIpc) is 2.71. The number of carboxylic acids is 1. The highest BCUT2D eigenvalue weighted by molar-refractivity contribution is 6.31. The molecule has 0 fully saturated rings. The minimum Gasteiger partial charge on any atom is -0.481 e. The molecule has 7 heteroatoms.